The summed E-state index contributed by atoms with van der Waals surface area (Å²) in [7, 11) is 0. The van der Waals surface area contributed by atoms with Crippen molar-refractivity contribution in [3.8, 4) is 0 Å². The Labute approximate surface area is 82.2 Å². The molecule has 0 saturated heterocycles. The zero-order chi connectivity index (χ0) is 10.8. The molecule has 0 aromatic carbocycles. The lowest BCUT2D eigenvalue weighted by atomic mass is 9.73. The minimum Gasteiger partial charge on any atom is -0.481 e. The van der Waals surface area contributed by atoms with Gasteiger partial charge in [0.05, 0.1) is 11.8 Å². The highest BCUT2D eigenvalue weighted by atomic mass is 16.4. The van der Waals surface area contributed by atoms with E-state index in [0.717, 1.165) is 12.8 Å². The van der Waals surface area contributed by atoms with Crippen molar-refractivity contribution in [3.63, 3.8) is 0 Å². The van der Waals surface area contributed by atoms with E-state index in [1.165, 1.54) is 0 Å². The molecular weight excluding hydrogens is 184 g/mol. The van der Waals surface area contributed by atoms with Crippen LogP contribution in [-0.4, -0.2) is 22.2 Å². The van der Waals surface area contributed by atoms with Crippen LogP contribution in [0.2, 0.25) is 0 Å². The summed E-state index contributed by atoms with van der Waals surface area (Å²) < 4.78 is 0. The number of carboxylic acid groups (broad SMARTS) is 2. The van der Waals surface area contributed by atoms with Gasteiger partial charge in [-0.05, 0) is 31.8 Å². The number of allylic oxidation sites excluding steroid dienone is 1. The van der Waals surface area contributed by atoms with E-state index in [0.29, 0.717) is 12.0 Å². The van der Waals surface area contributed by atoms with E-state index >= 15 is 0 Å². The molecule has 1 atom stereocenters. The summed E-state index contributed by atoms with van der Waals surface area (Å²) in [5.74, 6) is -1.89. The first-order chi connectivity index (χ1) is 6.47. The van der Waals surface area contributed by atoms with E-state index in [1.807, 2.05) is 0 Å². The van der Waals surface area contributed by atoms with Crippen molar-refractivity contribution in [1.82, 2.24) is 0 Å². The molecule has 0 heterocycles. The van der Waals surface area contributed by atoms with E-state index < -0.39 is 17.4 Å². The first kappa shape index (κ1) is 10.8. The van der Waals surface area contributed by atoms with Crippen molar-refractivity contribution >= 4 is 11.9 Å². The van der Waals surface area contributed by atoms with Gasteiger partial charge < -0.3 is 10.2 Å². The molecule has 0 spiro atoms. The third-order valence-corrected chi connectivity index (χ3v) is 2.79. The predicted octanol–water partition coefficient (Wildman–Crippen LogP) is 1.66. The monoisotopic (exact) mass is 198 g/mol. The first-order valence-electron chi connectivity index (χ1n) is 4.61. The van der Waals surface area contributed by atoms with Gasteiger partial charge in [0.2, 0.25) is 0 Å². The summed E-state index contributed by atoms with van der Waals surface area (Å²) in [6, 6.07) is 0. The second-order valence-corrected chi connectivity index (χ2v) is 3.83. The van der Waals surface area contributed by atoms with Gasteiger partial charge in [-0.25, -0.2) is 0 Å². The zero-order valence-corrected chi connectivity index (χ0v) is 8.12. The summed E-state index contributed by atoms with van der Waals surface area (Å²) >= 11 is 0. The molecule has 1 aliphatic rings. The van der Waals surface area contributed by atoms with Gasteiger partial charge in [0, 0.05) is 0 Å². The van der Waals surface area contributed by atoms with Crippen LogP contribution in [0.1, 0.15) is 32.6 Å². The van der Waals surface area contributed by atoms with Crippen molar-refractivity contribution in [1.29, 1.82) is 0 Å². The van der Waals surface area contributed by atoms with E-state index in [1.54, 1.807) is 13.0 Å². The van der Waals surface area contributed by atoms with Gasteiger partial charge in [-0.2, -0.15) is 0 Å². The molecule has 0 unspecified atom stereocenters. The third kappa shape index (κ3) is 1.95. The van der Waals surface area contributed by atoms with Crippen LogP contribution in [0.15, 0.2) is 11.6 Å². The van der Waals surface area contributed by atoms with Crippen LogP contribution in [0.3, 0.4) is 0 Å². The van der Waals surface area contributed by atoms with Gasteiger partial charge in [0.25, 0.3) is 0 Å². The minimum absolute atomic E-state index is 0.164. The van der Waals surface area contributed by atoms with Crippen LogP contribution in [-0.2, 0) is 9.59 Å². The number of rotatable bonds is 3. The SMILES string of the molecule is C[C@@]1(C(=O)O)CCCC=C1CC(=O)O. The van der Waals surface area contributed by atoms with Gasteiger partial charge in [-0.15, -0.1) is 0 Å². The summed E-state index contributed by atoms with van der Waals surface area (Å²) in [5.41, 5.74) is -0.444. The Morgan fingerprint density at radius 2 is 2.14 bits per heavy atom. The van der Waals surface area contributed by atoms with Crippen LogP contribution in [0.25, 0.3) is 0 Å². The lowest BCUT2D eigenvalue weighted by molar-refractivity contribution is -0.146. The maximum Gasteiger partial charge on any atom is 0.313 e. The summed E-state index contributed by atoms with van der Waals surface area (Å²) in [6.45, 7) is 1.60. The Kier molecular flexibility index (Phi) is 2.93. The molecule has 0 aromatic rings. The standard InChI is InChI=1S/C10H14O4/c1-10(9(13)14)5-3-2-4-7(10)6-8(11)12/h4H,2-3,5-6H2,1H3,(H,11,12)(H,13,14)/t10-/m1/s1. The fraction of sp³-hybridized carbons (Fsp3) is 0.600. The Balaban J connectivity index is 2.93. The fourth-order valence-electron chi connectivity index (χ4n) is 1.79. The molecular formula is C10H14O4. The summed E-state index contributed by atoms with van der Waals surface area (Å²) in [6.07, 6.45) is 3.72. The molecule has 0 bridgehead atoms. The molecule has 0 aliphatic heterocycles. The molecule has 4 heteroatoms. The molecule has 4 nitrogen and oxygen atoms in total. The number of hydrogen-bond acceptors (Lipinski definition) is 2. The van der Waals surface area contributed by atoms with E-state index in [2.05, 4.69) is 0 Å². The topological polar surface area (TPSA) is 74.6 Å². The second-order valence-electron chi connectivity index (χ2n) is 3.83. The maximum absolute atomic E-state index is 11.0. The summed E-state index contributed by atoms with van der Waals surface area (Å²) in [4.78, 5) is 21.6. The van der Waals surface area contributed by atoms with Crippen molar-refractivity contribution in [2.75, 3.05) is 0 Å². The highest BCUT2D eigenvalue weighted by molar-refractivity contribution is 5.81. The second kappa shape index (κ2) is 3.82. The average Bonchev–Trinajstić information content (AvgIpc) is 2.08. The van der Waals surface area contributed by atoms with Crippen molar-refractivity contribution in [2.45, 2.75) is 32.6 Å². The molecule has 0 fully saturated rings. The summed E-state index contributed by atoms with van der Waals surface area (Å²) in [5, 5.41) is 17.7. The molecule has 78 valence electrons. The van der Waals surface area contributed by atoms with Crippen LogP contribution < -0.4 is 0 Å². The van der Waals surface area contributed by atoms with Crippen LogP contribution >= 0.6 is 0 Å². The Morgan fingerprint density at radius 3 is 2.64 bits per heavy atom. The van der Waals surface area contributed by atoms with Gasteiger partial charge in [-0.3, -0.25) is 9.59 Å². The average molecular weight is 198 g/mol. The maximum atomic E-state index is 11.0. The molecule has 0 aromatic heterocycles. The highest BCUT2D eigenvalue weighted by Crippen LogP contribution is 2.39. The Morgan fingerprint density at radius 1 is 1.50 bits per heavy atom. The largest absolute Gasteiger partial charge is 0.481 e. The molecule has 0 radical (unpaired) electrons. The Hall–Kier alpha value is -1.32. The quantitative estimate of drug-likeness (QED) is 0.676. The molecule has 0 saturated carbocycles. The van der Waals surface area contributed by atoms with Crippen LogP contribution in [0, 0.1) is 5.41 Å². The van der Waals surface area contributed by atoms with Crippen LogP contribution in [0.4, 0.5) is 0 Å². The lowest BCUT2D eigenvalue weighted by Gasteiger charge is -2.30. The van der Waals surface area contributed by atoms with Crippen molar-refractivity contribution in [2.24, 2.45) is 5.41 Å². The first-order valence-corrected chi connectivity index (χ1v) is 4.61. The number of hydrogen-bond donors (Lipinski definition) is 2. The van der Waals surface area contributed by atoms with Crippen molar-refractivity contribution in [3.05, 3.63) is 11.6 Å². The van der Waals surface area contributed by atoms with E-state index in [9.17, 15) is 9.59 Å². The molecule has 1 aliphatic carbocycles. The van der Waals surface area contributed by atoms with E-state index in [4.69, 9.17) is 10.2 Å². The van der Waals surface area contributed by atoms with Gasteiger partial charge in [-0.1, -0.05) is 6.08 Å². The number of aliphatic carboxylic acids is 2. The smallest absolute Gasteiger partial charge is 0.313 e. The van der Waals surface area contributed by atoms with E-state index in [-0.39, 0.29) is 6.42 Å². The normalized spacial score (nSPS) is 26.8. The predicted molar refractivity (Wildman–Crippen MR) is 49.9 cm³/mol. The number of carboxylic acids is 2. The zero-order valence-electron chi connectivity index (χ0n) is 8.12. The molecule has 14 heavy (non-hydrogen) atoms. The molecule has 1 rings (SSSR count). The van der Waals surface area contributed by atoms with Crippen molar-refractivity contribution < 1.29 is 19.8 Å². The van der Waals surface area contributed by atoms with Gasteiger partial charge >= 0.3 is 11.9 Å². The third-order valence-electron chi connectivity index (χ3n) is 2.79. The highest BCUT2D eigenvalue weighted by Gasteiger charge is 2.38. The van der Waals surface area contributed by atoms with Gasteiger partial charge in [0.15, 0.2) is 0 Å². The molecule has 0 amide bonds. The minimum atomic E-state index is -0.976. The fourth-order valence-corrected chi connectivity index (χ4v) is 1.79. The number of carbonyl (C=O) groups is 2. The lowest BCUT2D eigenvalue weighted by Crippen LogP contribution is -2.32. The molecule has 2 N–H and O–H groups in total. The van der Waals surface area contributed by atoms with Gasteiger partial charge in [0.1, 0.15) is 0 Å². The van der Waals surface area contributed by atoms with Crippen LogP contribution in [0.5, 0.6) is 0 Å². The Bertz CT molecular complexity index is 292.